The zero-order valence-electron chi connectivity index (χ0n) is 25.6. The first-order valence-electron chi connectivity index (χ1n) is 14.0. The maximum atomic E-state index is 17.2. The Morgan fingerprint density at radius 3 is 1.32 bits per heavy atom. The van der Waals surface area contributed by atoms with Crippen molar-refractivity contribution in [3.8, 4) is 60.1 Å². The number of nitriles is 8. The molecule has 0 atom stereocenters. The van der Waals surface area contributed by atoms with Gasteiger partial charge in [-0.05, 0) is 48.0 Å². The summed E-state index contributed by atoms with van der Waals surface area (Å²) in [4.78, 5) is 0. The molecular formula is C36H7F7N8O2. The molecule has 0 fully saturated rings. The van der Waals surface area contributed by atoms with Crippen molar-refractivity contribution < 1.29 is 40.2 Å². The van der Waals surface area contributed by atoms with Crippen LogP contribution in [0.2, 0.25) is 0 Å². The molecule has 0 N–H and O–H groups in total. The zero-order chi connectivity index (χ0) is 39.0. The maximum Gasteiger partial charge on any atom is 0.573 e. The Balaban J connectivity index is 1.98. The van der Waals surface area contributed by atoms with E-state index in [1.807, 2.05) is 0 Å². The second-order valence-corrected chi connectivity index (χ2v) is 10.4. The van der Waals surface area contributed by atoms with Gasteiger partial charge in [0.25, 0.3) is 0 Å². The minimum atomic E-state index is -5.39. The predicted octanol–water partition coefficient (Wildman–Crippen LogP) is 7.86. The fourth-order valence-corrected chi connectivity index (χ4v) is 5.87. The molecule has 2 aliphatic rings. The molecule has 10 nitrogen and oxygen atoms in total. The normalized spacial score (nSPS) is 12.8. The number of hydrogen-bond acceptors (Lipinski definition) is 10. The van der Waals surface area contributed by atoms with Gasteiger partial charge in [-0.15, -0.1) is 26.3 Å². The van der Waals surface area contributed by atoms with Crippen LogP contribution in [0.5, 0.6) is 11.5 Å². The van der Waals surface area contributed by atoms with Gasteiger partial charge in [0.1, 0.15) is 64.9 Å². The van der Waals surface area contributed by atoms with Gasteiger partial charge in [0.2, 0.25) is 0 Å². The van der Waals surface area contributed by atoms with E-state index in [0.29, 0.717) is 12.1 Å². The lowest BCUT2D eigenvalue weighted by Crippen LogP contribution is -2.18. The van der Waals surface area contributed by atoms with Crippen LogP contribution in [0.25, 0.3) is 33.4 Å². The van der Waals surface area contributed by atoms with Gasteiger partial charge in [0.15, 0.2) is 0 Å². The van der Waals surface area contributed by atoms with Crippen LogP contribution in [0, 0.1) is 96.5 Å². The Bertz CT molecular complexity index is 2660. The molecule has 0 heterocycles. The highest BCUT2D eigenvalue weighted by Crippen LogP contribution is 2.57. The summed E-state index contributed by atoms with van der Waals surface area (Å²) in [6, 6.07) is 18.5. The molecule has 3 aromatic carbocycles. The van der Waals surface area contributed by atoms with E-state index in [-0.39, 0.29) is 11.1 Å². The zero-order valence-corrected chi connectivity index (χ0v) is 25.6. The number of ether oxygens (including phenoxy) is 2. The Kier molecular flexibility index (Phi) is 8.93. The second-order valence-electron chi connectivity index (χ2n) is 10.4. The summed E-state index contributed by atoms with van der Waals surface area (Å²) in [7, 11) is 0. The van der Waals surface area contributed by atoms with E-state index in [1.54, 1.807) is 24.3 Å². The van der Waals surface area contributed by atoms with Crippen LogP contribution in [0.4, 0.5) is 30.7 Å². The van der Waals surface area contributed by atoms with Gasteiger partial charge < -0.3 is 9.47 Å². The molecule has 0 amide bonds. The SMILES string of the molecule is N#CC(C#N)=C1C(c2ccc(C#N)cc2OC(F)(F)F)=C(C#N)c2c1cc1c(c2F)C(=C(C#N)C#N)C(c2ccc(C#N)cc2OC(F)(F)F)=C1C#N. The van der Waals surface area contributed by atoms with Gasteiger partial charge in [0, 0.05) is 50.1 Å². The van der Waals surface area contributed by atoms with E-state index in [9.17, 15) is 68.4 Å². The number of allylic oxidation sites excluding steroid dienone is 8. The molecule has 17 heteroatoms. The quantitative estimate of drug-likeness (QED) is 0.188. The van der Waals surface area contributed by atoms with E-state index < -0.39 is 108 Å². The fraction of sp³-hybridized carbons (Fsp3) is 0.0556. The number of alkyl halides is 6. The van der Waals surface area contributed by atoms with E-state index in [2.05, 4.69) is 9.47 Å². The Morgan fingerprint density at radius 2 is 0.925 bits per heavy atom. The van der Waals surface area contributed by atoms with Crippen LogP contribution in [0.3, 0.4) is 0 Å². The van der Waals surface area contributed by atoms with Crippen molar-refractivity contribution in [3.05, 3.63) is 104 Å². The summed E-state index contributed by atoms with van der Waals surface area (Å²) in [5, 5.41) is 79.0. The highest BCUT2D eigenvalue weighted by atomic mass is 19.4. The standard InChI is InChI=1S/C36H7F7N8O2/c37-34-32-23(28(18(10-46)11-47)31(25(32)15-51)21-4-2-17(9-45)6-27(21)53-36(41,42)43)7-22-24(14-50)30(29(33(22)34)19(12-48)13-49)20-3-1-16(8-44)5-26(20)52-35(38,39)40/h1-7H. The van der Waals surface area contributed by atoms with E-state index in [4.69, 9.17) is 0 Å². The third-order valence-corrected chi connectivity index (χ3v) is 7.69. The van der Waals surface area contributed by atoms with E-state index in [1.165, 1.54) is 24.3 Å². The van der Waals surface area contributed by atoms with Crippen LogP contribution in [-0.4, -0.2) is 12.7 Å². The summed E-state index contributed by atoms with van der Waals surface area (Å²) in [6.45, 7) is 0. The van der Waals surface area contributed by atoms with E-state index >= 15 is 4.39 Å². The molecule has 252 valence electrons. The highest BCUT2D eigenvalue weighted by Gasteiger charge is 2.43. The van der Waals surface area contributed by atoms with Crippen LogP contribution >= 0.6 is 0 Å². The van der Waals surface area contributed by atoms with Crippen LogP contribution < -0.4 is 9.47 Å². The van der Waals surface area contributed by atoms with Crippen molar-refractivity contribution in [2.45, 2.75) is 12.7 Å². The molecule has 53 heavy (non-hydrogen) atoms. The molecule has 0 aliphatic heterocycles. The largest absolute Gasteiger partial charge is 0.573 e. The van der Waals surface area contributed by atoms with Crippen molar-refractivity contribution in [2.75, 3.05) is 0 Å². The molecule has 0 saturated carbocycles. The molecule has 0 radical (unpaired) electrons. The number of halogens is 7. The third-order valence-electron chi connectivity index (χ3n) is 7.69. The smallest absolute Gasteiger partial charge is 0.405 e. The average molecular weight is 716 g/mol. The number of fused-ring (bicyclic) bond motifs is 2. The van der Waals surface area contributed by atoms with Gasteiger partial charge in [-0.3, -0.25) is 0 Å². The van der Waals surface area contributed by atoms with Crippen molar-refractivity contribution in [3.63, 3.8) is 0 Å². The molecule has 0 aromatic heterocycles. The summed E-state index contributed by atoms with van der Waals surface area (Å²) >= 11 is 0. The third kappa shape index (κ3) is 6.07. The van der Waals surface area contributed by atoms with Gasteiger partial charge in [-0.2, -0.15) is 42.1 Å². The number of benzene rings is 3. The molecule has 0 saturated heterocycles. The van der Waals surface area contributed by atoms with Gasteiger partial charge in [0.05, 0.1) is 34.4 Å². The van der Waals surface area contributed by atoms with Crippen LogP contribution in [0.1, 0.15) is 44.5 Å². The monoisotopic (exact) mass is 716 g/mol. The maximum absolute atomic E-state index is 17.2. The summed E-state index contributed by atoms with van der Waals surface area (Å²) in [5.41, 5.74) is -10.6. The van der Waals surface area contributed by atoms with Crippen molar-refractivity contribution in [2.24, 2.45) is 0 Å². The Morgan fingerprint density at radius 1 is 0.491 bits per heavy atom. The fourth-order valence-electron chi connectivity index (χ4n) is 5.87. The van der Waals surface area contributed by atoms with Crippen LogP contribution in [0.15, 0.2) is 53.6 Å². The molecule has 0 bridgehead atoms. The Labute approximate surface area is 292 Å². The molecule has 2 aliphatic carbocycles. The minimum Gasteiger partial charge on any atom is -0.405 e. The molecular weight excluding hydrogens is 709 g/mol. The average Bonchev–Trinajstić information content (AvgIpc) is 3.61. The first-order chi connectivity index (χ1) is 25.1. The van der Waals surface area contributed by atoms with Gasteiger partial charge >= 0.3 is 12.7 Å². The lowest BCUT2D eigenvalue weighted by molar-refractivity contribution is -0.275. The summed E-state index contributed by atoms with van der Waals surface area (Å²) in [5.74, 6) is -3.72. The number of nitrogens with zero attached hydrogens (tertiary/aromatic N) is 8. The van der Waals surface area contributed by atoms with Gasteiger partial charge in [-0.1, -0.05) is 0 Å². The van der Waals surface area contributed by atoms with Crippen molar-refractivity contribution in [1.29, 1.82) is 42.1 Å². The minimum absolute atomic E-state index is 0.359. The molecule has 0 spiro atoms. The number of hydrogen-bond donors (Lipinski definition) is 0. The summed E-state index contributed by atoms with van der Waals surface area (Å²) < 4.78 is 107. The topological polar surface area (TPSA) is 209 Å². The first kappa shape index (κ1) is 35.9. The molecule has 5 rings (SSSR count). The lowest BCUT2D eigenvalue weighted by Gasteiger charge is -2.16. The van der Waals surface area contributed by atoms with E-state index in [0.717, 1.165) is 30.3 Å². The van der Waals surface area contributed by atoms with Crippen LogP contribution in [-0.2, 0) is 0 Å². The van der Waals surface area contributed by atoms with Gasteiger partial charge in [-0.25, -0.2) is 4.39 Å². The Hall–Kier alpha value is -8.35. The second kappa shape index (κ2) is 13.2. The molecule has 0 unspecified atom stereocenters. The van der Waals surface area contributed by atoms with Crippen molar-refractivity contribution >= 4 is 33.4 Å². The highest BCUT2D eigenvalue weighted by molar-refractivity contribution is 6.30. The number of rotatable bonds is 4. The molecule has 3 aromatic rings. The summed E-state index contributed by atoms with van der Waals surface area (Å²) in [6.07, 6.45) is -10.8. The van der Waals surface area contributed by atoms with Crippen molar-refractivity contribution in [1.82, 2.24) is 0 Å². The first-order valence-corrected chi connectivity index (χ1v) is 14.0. The lowest BCUT2D eigenvalue weighted by atomic mass is 9.89. The predicted molar refractivity (Wildman–Crippen MR) is 163 cm³/mol.